The monoisotopic (exact) mass is 245 g/mol. The highest BCUT2D eigenvalue weighted by atomic mass is 32.2. The molecule has 16 heavy (non-hydrogen) atoms. The van der Waals surface area contributed by atoms with Crippen molar-refractivity contribution in [1.82, 2.24) is 5.32 Å². The van der Waals surface area contributed by atoms with E-state index in [1.165, 1.54) is 12.1 Å². The summed E-state index contributed by atoms with van der Waals surface area (Å²) in [5, 5.41) is 3.64. The molecule has 1 unspecified atom stereocenters. The maximum atomic E-state index is 13.1. The van der Waals surface area contributed by atoms with Crippen LogP contribution in [0.5, 0.6) is 0 Å². The Morgan fingerprint density at radius 2 is 1.94 bits per heavy atom. The summed E-state index contributed by atoms with van der Waals surface area (Å²) in [4.78, 5) is 0. The van der Waals surface area contributed by atoms with Crippen molar-refractivity contribution in [3.8, 4) is 0 Å². The molecule has 0 fully saturated rings. The fourth-order valence-corrected chi connectivity index (χ4v) is 2.30. The van der Waals surface area contributed by atoms with Crippen molar-refractivity contribution in [2.24, 2.45) is 0 Å². The molecule has 90 valence electrons. The van der Waals surface area contributed by atoms with Crippen molar-refractivity contribution in [2.75, 3.05) is 12.8 Å². The summed E-state index contributed by atoms with van der Waals surface area (Å²) in [6.07, 6.45) is 0. The summed E-state index contributed by atoms with van der Waals surface area (Å²) in [6, 6.07) is 4.12. The van der Waals surface area contributed by atoms with Crippen LogP contribution in [0.25, 0.3) is 0 Å². The van der Waals surface area contributed by atoms with Crippen LogP contribution < -0.4 is 5.32 Å². The molecule has 1 rings (SSSR count). The average Bonchev–Trinajstić information content (AvgIpc) is 2.23. The second-order valence-corrected chi connectivity index (χ2v) is 5.51. The third kappa shape index (κ3) is 3.76. The van der Waals surface area contributed by atoms with E-state index < -0.39 is 11.6 Å². The lowest BCUT2D eigenvalue weighted by atomic mass is 10.1. The molecular formula is C12H17F2NS. The van der Waals surface area contributed by atoms with E-state index >= 15 is 0 Å². The maximum Gasteiger partial charge on any atom is 0.159 e. The van der Waals surface area contributed by atoms with Crippen LogP contribution >= 0.6 is 11.8 Å². The lowest BCUT2D eigenvalue weighted by Crippen LogP contribution is -2.19. The van der Waals surface area contributed by atoms with E-state index in [-0.39, 0.29) is 6.04 Å². The first-order chi connectivity index (χ1) is 7.54. The fourth-order valence-electron chi connectivity index (χ4n) is 1.36. The number of hydrogen-bond donors (Lipinski definition) is 1. The second kappa shape index (κ2) is 6.21. The largest absolute Gasteiger partial charge is 0.312 e. The Hall–Kier alpha value is -0.610. The Morgan fingerprint density at radius 3 is 2.44 bits per heavy atom. The molecule has 0 spiro atoms. The molecule has 1 N–H and O–H groups in total. The summed E-state index contributed by atoms with van der Waals surface area (Å²) in [7, 11) is 1.83. The number of rotatable bonds is 5. The van der Waals surface area contributed by atoms with Crippen LogP contribution in [0.15, 0.2) is 18.2 Å². The molecule has 0 aliphatic carbocycles. The predicted molar refractivity (Wildman–Crippen MR) is 65.8 cm³/mol. The molecule has 0 saturated heterocycles. The Kier molecular flexibility index (Phi) is 5.22. The van der Waals surface area contributed by atoms with Crippen molar-refractivity contribution in [3.05, 3.63) is 35.4 Å². The fraction of sp³-hybridized carbons (Fsp3) is 0.500. The molecule has 0 saturated carbocycles. The summed E-state index contributed by atoms with van der Waals surface area (Å²) < 4.78 is 25.8. The first-order valence-corrected chi connectivity index (χ1v) is 6.33. The second-order valence-electron chi connectivity index (χ2n) is 3.90. The highest BCUT2D eigenvalue weighted by Crippen LogP contribution is 2.22. The van der Waals surface area contributed by atoms with Gasteiger partial charge < -0.3 is 5.32 Å². The Morgan fingerprint density at radius 1 is 1.25 bits per heavy atom. The molecule has 0 aromatic heterocycles. The Balaban J connectivity index is 2.74. The minimum absolute atomic E-state index is 0.0579. The highest BCUT2D eigenvalue weighted by Gasteiger charge is 2.12. The van der Waals surface area contributed by atoms with Crippen LogP contribution in [-0.4, -0.2) is 18.1 Å². The van der Waals surface area contributed by atoms with Crippen molar-refractivity contribution < 1.29 is 8.78 Å². The van der Waals surface area contributed by atoms with Gasteiger partial charge in [0.25, 0.3) is 0 Å². The third-order valence-corrected chi connectivity index (χ3v) is 3.48. The standard InChI is InChI=1S/C12H17F2NS/c1-8(2)16-7-12(15-3)9-4-5-10(13)11(14)6-9/h4-6,8,12,15H,7H2,1-3H3. The van der Waals surface area contributed by atoms with Gasteiger partial charge in [-0.15, -0.1) is 0 Å². The quantitative estimate of drug-likeness (QED) is 0.853. The molecule has 0 amide bonds. The van der Waals surface area contributed by atoms with Gasteiger partial charge in [0.05, 0.1) is 0 Å². The molecule has 0 radical (unpaired) electrons. The summed E-state index contributed by atoms with van der Waals surface area (Å²) in [5.74, 6) is -0.735. The van der Waals surface area contributed by atoms with E-state index in [2.05, 4.69) is 19.2 Å². The number of hydrogen-bond acceptors (Lipinski definition) is 2. The number of nitrogens with one attached hydrogen (secondary N) is 1. The molecule has 0 bridgehead atoms. The van der Waals surface area contributed by atoms with Crippen molar-refractivity contribution in [3.63, 3.8) is 0 Å². The maximum absolute atomic E-state index is 13.1. The van der Waals surface area contributed by atoms with Gasteiger partial charge in [-0.1, -0.05) is 19.9 Å². The van der Waals surface area contributed by atoms with Gasteiger partial charge >= 0.3 is 0 Å². The van der Waals surface area contributed by atoms with E-state index in [1.807, 2.05) is 7.05 Å². The molecule has 1 aromatic carbocycles. The smallest absolute Gasteiger partial charge is 0.159 e. The first kappa shape index (κ1) is 13.5. The number of halogens is 2. The van der Waals surface area contributed by atoms with Crippen LogP contribution in [0.1, 0.15) is 25.5 Å². The minimum Gasteiger partial charge on any atom is -0.312 e. The summed E-state index contributed by atoms with van der Waals surface area (Å²) in [6.45, 7) is 4.23. The topological polar surface area (TPSA) is 12.0 Å². The predicted octanol–water partition coefficient (Wildman–Crippen LogP) is 3.37. The molecule has 1 aromatic rings. The first-order valence-electron chi connectivity index (χ1n) is 5.28. The van der Waals surface area contributed by atoms with Crippen molar-refractivity contribution >= 4 is 11.8 Å². The zero-order chi connectivity index (χ0) is 12.1. The third-order valence-electron chi connectivity index (χ3n) is 2.29. The van der Waals surface area contributed by atoms with Gasteiger partial charge in [-0.2, -0.15) is 11.8 Å². The van der Waals surface area contributed by atoms with E-state index in [1.54, 1.807) is 17.8 Å². The lowest BCUT2D eigenvalue weighted by Gasteiger charge is -2.17. The van der Waals surface area contributed by atoms with E-state index in [4.69, 9.17) is 0 Å². The van der Waals surface area contributed by atoms with Gasteiger partial charge in [0.15, 0.2) is 11.6 Å². The van der Waals surface area contributed by atoms with E-state index in [0.29, 0.717) is 5.25 Å². The van der Waals surface area contributed by atoms with Crippen molar-refractivity contribution in [2.45, 2.75) is 25.1 Å². The van der Waals surface area contributed by atoms with Gasteiger partial charge in [0.1, 0.15) is 0 Å². The molecule has 0 aliphatic rings. The van der Waals surface area contributed by atoms with E-state index in [9.17, 15) is 8.78 Å². The van der Waals surface area contributed by atoms with Gasteiger partial charge in [0, 0.05) is 11.8 Å². The van der Waals surface area contributed by atoms with Crippen LogP contribution in [0, 0.1) is 11.6 Å². The summed E-state index contributed by atoms with van der Waals surface area (Å²) in [5.41, 5.74) is 0.787. The van der Waals surface area contributed by atoms with E-state index in [0.717, 1.165) is 11.3 Å². The molecular weight excluding hydrogens is 228 g/mol. The number of thioether (sulfide) groups is 1. The number of benzene rings is 1. The van der Waals surface area contributed by atoms with Crippen LogP contribution in [-0.2, 0) is 0 Å². The van der Waals surface area contributed by atoms with Gasteiger partial charge in [-0.05, 0) is 30.0 Å². The Bertz CT molecular complexity index is 342. The zero-order valence-electron chi connectivity index (χ0n) is 9.76. The SMILES string of the molecule is CNC(CSC(C)C)c1ccc(F)c(F)c1. The van der Waals surface area contributed by atoms with Crippen LogP contribution in [0.3, 0.4) is 0 Å². The normalized spacial score (nSPS) is 13.1. The van der Waals surface area contributed by atoms with Gasteiger partial charge in [-0.25, -0.2) is 8.78 Å². The van der Waals surface area contributed by atoms with Crippen LogP contribution in [0.2, 0.25) is 0 Å². The molecule has 4 heteroatoms. The molecule has 0 heterocycles. The Labute approximate surface area is 99.6 Å². The van der Waals surface area contributed by atoms with Gasteiger partial charge in [-0.3, -0.25) is 0 Å². The summed E-state index contributed by atoms with van der Waals surface area (Å²) >= 11 is 1.79. The molecule has 0 aliphatic heterocycles. The van der Waals surface area contributed by atoms with Crippen molar-refractivity contribution in [1.29, 1.82) is 0 Å². The van der Waals surface area contributed by atoms with Gasteiger partial charge in [0.2, 0.25) is 0 Å². The molecule has 1 nitrogen and oxygen atoms in total. The average molecular weight is 245 g/mol. The highest BCUT2D eigenvalue weighted by molar-refractivity contribution is 7.99. The zero-order valence-corrected chi connectivity index (χ0v) is 10.6. The lowest BCUT2D eigenvalue weighted by molar-refractivity contribution is 0.504. The molecule has 1 atom stereocenters. The van der Waals surface area contributed by atoms with Crippen LogP contribution in [0.4, 0.5) is 8.78 Å². The minimum atomic E-state index is -0.796.